The number of ether oxygens (including phenoxy) is 3. The van der Waals surface area contributed by atoms with Crippen molar-refractivity contribution in [3.63, 3.8) is 0 Å². The predicted molar refractivity (Wildman–Crippen MR) is 125 cm³/mol. The minimum Gasteiger partial charge on any atom is -0.489 e. The molecule has 3 aliphatic rings. The first-order chi connectivity index (χ1) is 17.3. The molecule has 2 fully saturated rings. The first kappa shape index (κ1) is 24.6. The van der Waals surface area contributed by atoms with Crippen LogP contribution in [0.4, 0.5) is 14.5 Å². The van der Waals surface area contributed by atoms with Crippen molar-refractivity contribution < 1.29 is 36.2 Å². The number of benzene rings is 2. The zero-order chi connectivity index (χ0) is 25.5. The van der Waals surface area contributed by atoms with E-state index in [1.807, 2.05) is 0 Å². The number of carbonyl (C=O) groups excluding carboxylic acids is 1. The second-order valence-corrected chi connectivity index (χ2v) is 10.6. The Morgan fingerprint density at radius 3 is 2.64 bits per heavy atom. The van der Waals surface area contributed by atoms with Gasteiger partial charge in [-0.15, -0.1) is 6.42 Å². The Kier molecular flexibility index (Phi) is 6.46. The van der Waals surface area contributed by atoms with Crippen molar-refractivity contribution in [1.82, 2.24) is 4.31 Å². The van der Waals surface area contributed by atoms with E-state index in [-0.39, 0.29) is 43.6 Å². The smallest absolute Gasteiger partial charge is 0.293 e. The molecule has 1 unspecified atom stereocenters. The normalized spacial score (nSPS) is 21.5. The molecule has 8 nitrogen and oxygen atoms in total. The van der Waals surface area contributed by atoms with Crippen LogP contribution in [0, 0.1) is 24.0 Å². The molecule has 0 saturated carbocycles. The molecule has 3 heterocycles. The van der Waals surface area contributed by atoms with Crippen molar-refractivity contribution in [2.24, 2.45) is 0 Å². The molecule has 0 bridgehead atoms. The molecular weight excluding hydrogens is 494 g/mol. The van der Waals surface area contributed by atoms with Crippen LogP contribution in [-0.2, 0) is 30.1 Å². The number of hydrogen-bond acceptors (Lipinski definition) is 6. The SMILES string of the molecule is C#CCN1C(=O)C2(OCCCO2)c2cc(S(=O)(=O)N3CCCC3COc3ccc(F)cc3F)ccc21. The highest BCUT2D eigenvalue weighted by Crippen LogP contribution is 2.46. The first-order valence-electron chi connectivity index (χ1n) is 11.6. The number of rotatable bonds is 6. The van der Waals surface area contributed by atoms with Gasteiger partial charge in [0.25, 0.3) is 11.7 Å². The van der Waals surface area contributed by atoms with Gasteiger partial charge in [0, 0.05) is 18.2 Å². The van der Waals surface area contributed by atoms with E-state index in [1.54, 1.807) is 0 Å². The van der Waals surface area contributed by atoms with Crippen molar-refractivity contribution in [2.45, 2.75) is 36.0 Å². The van der Waals surface area contributed by atoms with Gasteiger partial charge in [-0.2, -0.15) is 4.31 Å². The average molecular weight is 519 g/mol. The number of terminal acetylenes is 1. The highest BCUT2D eigenvalue weighted by Gasteiger charge is 2.55. The maximum atomic E-state index is 14.0. The highest BCUT2D eigenvalue weighted by atomic mass is 32.2. The van der Waals surface area contributed by atoms with Crippen molar-refractivity contribution >= 4 is 21.6 Å². The third-order valence-electron chi connectivity index (χ3n) is 6.54. The molecule has 2 saturated heterocycles. The molecule has 1 amide bonds. The summed E-state index contributed by atoms with van der Waals surface area (Å²) in [4.78, 5) is 14.5. The molecule has 3 aliphatic heterocycles. The fourth-order valence-corrected chi connectivity index (χ4v) is 6.55. The lowest BCUT2D eigenvalue weighted by Crippen LogP contribution is -2.47. The standard InChI is InChI=1S/C25H24F2N2O6S/c1-2-10-28-22-8-7-19(15-20(22)25(24(28)30)34-12-4-13-35-25)36(31,32)29-11-3-5-18(29)16-33-23-9-6-17(26)14-21(23)27/h1,6-9,14-15,18H,3-5,10-13,16H2. The molecule has 2 aromatic rings. The van der Waals surface area contributed by atoms with Gasteiger partial charge >= 0.3 is 0 Å². The maximum Gasteiger partial charge on any atom is 0.293 e. The van der Waals surface area contributed by atoms with Crippen LogP contribution in [0.2, 0.25) is 0 Å². The largest absolute Gasteiger partial charge is 0.489 e. The summed E-state index contributed by atoms with van der Waals surface area (Å²) in [5.74, 6) is -1.53. The monoisotopic (exact) mass is 518 g/mol. The van der Waals surface area contributed by atoms with Crippen molar-refractivity contribution in [1.29, 1.82) is 0 Å². The number of fused-ring (bicyclic) bond motifs is 2. The van der Waals surface area contributed by atoms with Crippen LogP contribution in [0.5, 0.6) is 5.75 Å². The summed E-state index contributed by atoms with van der Waals surface area (Å²) in [6, 6.07) is 6.75. The van der Waals surface area contributed by atoms with E-state index in [1.165, 1.54) is 33.5 Å². The van der Waals surface area contributed by atoms with Gasteiger partial charge in [-0.05, 0) is 49.6 Å². The summed E-state index contributed by atoms with van der Waals surface area (Å²) < 4.78 is 72.9. The molecule has 0 aliphatic carbocycles. The third kappa shape index (κ3) is 4.04. The van der Waals surface area contributed by atoms with Crippen LogP contribution in [0.1, 0.15) is 24.8 Å². The zero-order valence-electron chi connectivity index (χ0n) is 19.3. The van der Waals surface area contributed by atoms with Crippen LogP contribution in [0.15, 0.2) is 41.3 Å². The Morgan fingerprint density at radius 1 is 1.14 bits per heavy atom. The molecule has 0 radical (unpaired) electrons. The van der Waals surface area contributed by atoms with Gasteiger partial charge in [-0.25, -0.2) is 17.2 Å². The fourth-order valence-electron chi connectivity index (χ4n) is 4.84. The second kappa shape index (κ2) is 9.44. The van der Waals surface area contributed by atoms with Gasteiger partial charge in [-0.1, -0.05) is 5.92 Å². The number of sulfonamides is 1. The second-order valence-electron chi connectivity index (χ2n) is 8.74. The minimum atomic E-state index is -4.01. The summed E-state index contributed by atoms with van der Waals surface area (Å²) in [6.07, 6.45) is 7.15. The predicted octanol–water partition coefficient (Wildman–Crippen LogP) is 2.77. The topological polar surface area (TPSA) is 85.4 Å². The van der Waals surface area contributed by atoms with E-state index in [0.29, 0.717) is 36.6 Å². The molecule has 0 N–H and O–H groups in total. The summed E-state index contributed by atoms with van der Waals surface area (Å²) in [6.45, 7) is 0.684. The number of carbonyl (C=O) groups is 1. The highest BCUT2D eigenvalue weighted by molar-refractivity contribution is 7.89. The van der Waals surface area contributed by atoms with E-state index in [4.69, 9.17) is 20.6 Å². The van der Waals surface area contributed by atoms with E-state index in [2.05, 4.69) is 5.92 Å². The lowest BCUT2D eigenvalue weighted by atomic mass is 10.1. The van der Waals surface area contributed by atoms with Gasteiger partial charge in [0.1, 0.15) is 12.4 Å². The van der Waals surface area contributed by atoms with Crippen molar-refractivity contribution in [2.75, 3.05) is 37.8 Å². The number of nitrogens with zero attached hydrogens (tertiary/aromatic N) is 2. The summed E-state index contributed by atoms with van der Waals surface area (Å²) in [5.41, 5.74) is 0.732. The number of amides is 1. The van der Waals surface area contributed by atoms with E-state index in [0.717, 1.165) is 6.07 Å². The summed E-state index contributed by atoms with van der Waals surface area (Å²) >= 11 is 0. The van der Waals surface area contributed by atoms with Crippen LogP contribution in [0.25, 0.3) is 0 Å². The van der Waals surface area contributed by atoms with Crippen LogP contribution in [0.3, 0.4) is 0 Å². The van der Waals surface area contributed by atoms with Crippen LogP contribution in [-0.4, -0.2) is 57.6 Å². The maximum absolute atomic E-state index is 14.0. The Morgan fingerprint density at radius 2 is 1.92 bits per heavy atom. The van der Waals surface area contributed by atoms with Gasteiger partial charge in [-0.3, -0.25) is 9.69 Å². The Balaban J connectivity index is 1.44. The van der Waals surface area contributed by atoms with Crippen LogP contribution < -0.4 is 9.64 Å². The average Bonchev–Trinajstić information content (AvgIpc) is 3.43. The Labute approximate surface area is 207 Å². The van der Waals surface area contributed by atoms with Crippen molar-refractivity contribution in [3.8, 4) is 18.1 Å². The molecule has 11 heteroatoms. The van der Waals surface area contributed by atoms with Gasteiger partial charge in [0.05, 0.1) is 36.4 Å². The number of halogens is 2. The Hall–Kier alpha value is -3.04. The van der Waals surface area contributed by atoms with E-state index >= 15 is 0 Å². The lowest BCUT2D eigenvalue weighted by molar-refractivity contribution is -0.256. The number of hydrogen-bond donors (Lipinski definition) is 0. The minimum absolute atomic E-state index is 0.0160. The molecule has 190 valence electrons. The molecule has 2 aromatic carbocycles. The van der Waals surface area contributed by atoms with Gasteiger partial charge in [0.15, 0.2) is 11.6 Å². The Bertz CT molecular complexity index is 1340. The van der Waals surface area contributed by atoms with Crippen LogP contribution >= 0.6 is 0 Å². The molecular formula is C25H24F2N2O6S. The van der Waals surface area contributed by atoms with Gasteiger partial charge < -0.3 is 14.2 Å². The lowest BCUT2D eigenvalue weighted by Gasteiger charge is -2.32. The summed E-state index contributed by atoms with van der Waals surface area (Å²) in [5, 5.41) is 0. The molecule has 0 aromatic heterocycles. The quantitative estimate of drug-likeness (QED) is 0.547. The third-order valence-corrected chi connectivity index (χ3v) is 8.49. The zero-order valence-corrected chi connectivity index (χ0v) is 20.1. The van der Waals surface area contributed by atoms with Crippen molar-refractivity contribution in [3.05, 3.63) is 53.6 Å². The van der Waals surface area contributed by atoms with E-state index in [9.17, 15) is 22.0 Å². The van der Waals surface area contributed by atoms with E-state index < -0.39 is 39.4 Å². The molecule has 36 heavy (non-hydrogen) atoms. The fraction of sp³-hybridized carbons (Fsp3) is 0.400. The summed E-state index contributed by atoms with van der Waals surface area (Å²) in [7, 11) is -4.01. The number of anilines is 1. The molecule has 1 spiro atoms. The first-order valence-corrected chi connectivity index (χ1v) is 13.0. The molecule has 1 atom stereocenters. The molecule has 5 rings (SSSR count). The van der Waals surface area contributed by atoms with Gasteiger partial charge in [0.2, 0.25) is 10.0 Å².